The van der Waals surface area contributed by atoms with E-state index in [2.05, 4.69) is 50.9 Å². The summed E-state index contributed by atoms with van der Waals surface area (Å²) in [5.41, 5.74) is 2.42. The van der Waals surface area contributed by atoms with Gasteiger partial charge in [-0.25, -0.2) is 11.6 Å². The third-order valence-corrected chi connectivity index (χ3v) is 4.82. The maximum absolute atomic E-state index is 9.38. The molecule has 1 aromatic carbocycles. The first-order valence-corrected chi connectivity index (χ1v) is 9.84. The zero-order valence-electron chi connectivity index (χ0n) is 15.9. The molecule has 24 heavy (non-hydrogen) atoms. The summed E-state index contributed by atoms with van der Waals surface area (Å²) in [7, 11) is -1.26. The number of aromatic hydroxyl groups is 1. The van der Waals surface area contributed by atoms with Crippen LogP contribution in [0.4, 0.5) is 0 Å². The van der Waals surface area contributed by atoms with E-state index in [-0.39, 0.29) is 72.4 Å². The smallest absolute Gasteiger partial charge is 0.508 e. The van der Waals surface area contributed by atoms with Crippen molar-refractivity contribution in [3.63, 3.8) is 0 Å². The molecule has 0 saturated heterocycles. The third kappa shape index (κ3) is 15.7. The minimum atomic E-state index is -1.26. The molecular formula is C18H31Cl2OSi2Ti. The van der Waals surface area contributed by atoms with Crippen molar-refractivity contribution in [1.82, 2.24) is 0 Å². The monoisotopic (exact) mass is 437 g/mol. The van der Waals surface area contributed by atoms with Gasteiger partial charge in [-0.1, -0.05) is 37.8 Å². The average Bonchev–Trinajstić information content (AvgIpc) is 2.67. The van der Waals surface area contributed by atoms with E-state index in [9.17, 15) is 5.11 Å². The number of aryl methyl sites for hydroxylation is 1. The summed E-state index contributed by atoms with van der Waals surface area (Å²) in [5.74, 6) is 0.396. The second-order valence-electron chi connectivity index (χ2n) is 5.77. The Morgan fingerprint density at radius 3 is 1.75 bits per heavy atom. The summed E-state index contributed by atoms with van der Waals surface area (Å²) in [6, 6.07) is 5.86. The maximum Gasteiger partial charge on any atom is 3.00 e. The molecule has 2 rings (SSSR count). The molecule has 1 aliphatic carbocycles. The van der Waals surface area contributed by atoms with Crippen molar-refractivity contribution in [3.05, 3.63) is 62.4 Å². The van der Waals surface area contributed by atoms with Crippen LogP contribution < -0.4 is 5.19 Å². The van der Waals surface area contributed by atoms with Gasteiger partial charge >= 0.3 is 21.7 Å². The fourth-order valence-corrected chi connectivity index (χ4v) is 2.95. The predicted molar refractivity (Wildman–Crippen MR) is 115 cm³/mol. The summed E-state index contributed by atoms with van der Waals surface area (Å²) >= 11 is 0. The molecular weight excluding hydrogens is 407 g/mol. The number of benzene rings is 1. The number of phenols is 1. The van der Waals surface area contributed by atoms with Gasteiger partial charge in [0, 0.05) is 11.0 Å². The van der Waals surface area contributed by atoms with Gasteiger partial charge in [-0.3, -0.25) is 6.08 Å². The molecule has 0 atom stereocenters. The summed E-state index contributed by atoms with van der Waals surface area (Å²) in [5, 5.41) is 10.7. The molecule has 0 heterocycles. The Hall–Kier alpha value is 0.228. The van der Waals surface area contributed by atoms with Crippen LogP contribution in [0, 0.1) is 27.9 Å². The van der Waals surface area contributed by atoms with Crippen LogP contribution in [0.1, 0.15) is 18.9 Å². The molecule has 1 nitrogen and oxygen atoms in total. The molecule has 0 amide bonds. The molecule has 0 bridgehead atoms. The van der Waals surface area contributed by atoms with Gasteiger partial charge in [0.1, 0.15) is 5.75 Å². The van der Waals surface area contributed by atoms with Crippen LogP contribution in [0.2, 0.25) is 19.6 Å². The van der Waals surface area contributed by atoms with Crippen molar-refractivity contribution < 1.29 is 26.8 Å². The minimum Gasteiger partial charge on any atom is -0.508 e. The van der Waals surface area contributed by atoms with E-state index in [1.54, 1.807) is 6.07 Å². The summed E-state index contributed by atoms with van der Waals surface area (Å²) in [4.78, 5) is 0. The molecule has 0 unspecified atom stereocenters. The third-order valence-electron chi connectivity index (χ3n) is 2.79. The first-order valence-electron chi connectivity index (χ1n) is 6.34. The second kappa shape index (κ2) is 18.0. The molecule has 6 heteroatoms. The zero-order valence-corrected chi connectivity index (χ0v) is 21.1. The van der Waals surface area contributed by atoms with Crippen LogP contribution in [-0.2, 0) is 21.7 Å². The van der Waals surface area contributed by atoms with Crippen molar-refractivity contribution in [2.75, 3.05) is 0 Å². The van der Waals surface area contributed by atoms with Crippen LogP contribution in [-0.4, -0.2) is 24.1 Å². The Morgan fingerprint density at radius 1 is 1.00 bits per heavy atom. The van der Waals surface area contributed by atoms with Crippen molar-refractivity contribution in [2.24, 2.45) is 0 Å². The normalized spacial score (nSPS) is 10.5. The Labute approximate surface area is 183 Å². The number of hydrogen-bond acceptors (Lipinski definition) is 1. The van der Waals surface area contributed by atoms with Gasteiger partial charge in [0.25, 0.3) is 0 Å². The average molecular weight is 438 g/mol. The standard InChI is InChI=1S/C10H16OSi.C6H7.2CH3.2ClH.Si.Ti/c1-8-5-9(11)7-10(6-8)12(2,3)4;1-6-4-2-3-5-6;;;;;;/h5-7,11H,1-4H3;2,4H,3H2,1H3;2*1H3;2*1H;;/q;3*-1;;;;+3. The first-order chi connectivity index (χ1) is 8.29. The van der Waals surface area contributed by atoms with E-state index in [0.717, 1.165) is 12.0 Å². The quantitative estimate of drug-likeness (QED) is 0.466. The van der Waals surface area contributed by atoms with E-state index >= 15 is 0 Å². The topological polar surface area (TPSA) is 20.2 Å². The Kier molecular flexibility index (Phi) is 29.6. The fraction of sp³-hybridized carbons (Fsp3) is 0.333. The summed E-state index contributed by atoms with van der Waals surface area (Å²) in [6.07, 6.45) is 8.33. The van der Waals surface area contributed by atoms with Crippen molar-refractivity contribution in [3.8, 4) is 5.75 Å². The Bertz CT molecular complexity index is 461. The molecule has 5 radical (unpaired) electrons. The van der Waals surface area contributed by atoms with Crippen molar-refractivity contribution >= 4 is 49.0 Å². The minimum absolute atomic E-state index is 0. The van der Waals surface area contributed by atoms with E-state index < -0.39 is 8.07 Å². The van der Waals surface area contributed by atoms with Gasteiger partial charge in [-0.05, 0) is 24.6 Å². The Balaban J connectivity index is -0.0000000600. The van der Waals surface area contributed by atoms with Crippen LogP contribution in [0.25, 0.3) is 0 Å². The van der Waals surface area contributed by atoms with E-state index in [1.165, 1.54) is 10.8 Å². The van der Waals surface area contributed by atoms with Gasteiger partial charge in [-0.15, -0.1) is 31.2 Å². The maximum atomic E-state index is 9.38. The number of hydrogen-bond donors (Lipinski definition) is 1. The van der Waals surface area contributed by atoms with Gasteiger partial charge in [0.15, 0.2) is 0 Å². The molecule has 1 aromatic rings. The Morgan fingerprint density at radius 2 is 1.50 bits per heavy atom. The number of halogens is 2. The van der Waals surface area contributed by atoms with Crippen molar-refractivity contribution in [2.45, 2.75) is 39.9 Å². The number of phenolic OH excluding ortho intramolecular Hbond substituents is 1. The van der Waals surface area contributed by atoms with Gasteiger partial charge in [0.05, 0.1) is 8.07 Å². The van der Waals surface area contributed by atoms with Crippen LogP contribution in [0.15, 0.2) is 35.9 Å². The summed E-state index contributed by atoms with van der Waals surface area (Å²) < 4.78 is 0. The van der Waals surface area contributed by atoms with Gasteiger partial charge < -0.3 is 20.0 Å². The fourth-order valence-electron chi connectivity index (χ4n) is 1.71. The molecule has 0 spiro atoms. The van der Waals surface area contributed by atoms with E-state index in [0.29, 0.717) is 5.75 Å². The van der Waals surface area contributed by atoms with Crippen molar-refractivity contribution in [1.29, 1.82) is 0 Å². The number of rotatable bonds is 1. The predicted octanol–water partition coefficient (Wildman–Crippen LogP) is 5.30. The van der Waals surface area contributed by atoms with E-state index in [1.807, 2.05) is 13.0 Å². The zero-order chi connectivity index (χ0) is 13.8. The molecule has 0 aliphatic heterocycles. The van der Waals surface area contributed by atoms with Crippen LogP contribution in [0.5, 0.6) is 5.75 Å². The molecule has 1 aliphatic rings. The van der Waals surface area contributed by atoms with Gasteiger partial charge in [0.2, 0.25) is 0 Å². The largest absolute Gasteiger partial charge is 3.00 e. The van der Waals surface area contributed by atoms with Crippen LogP contribution >= 0.6 is 24.8 Å². The van der Waals surface area contributed by atoms with Gasteiger partial charge in [-0.2, -0.15) is 6.08 Å². The summed E-state index contributed by atoms with van der Waals surface area (Å²) in [6.45, 7) is 10.9. The molecule has 0 saturated carbocycles. The number of allylic oxidation sites excluding steroid dienone is 4. The SMILES string of the molecule is CC1=[C-]CC=C1.Cc1cc(O)cc([Si](C)(C)C)c1.Cl.Cl.[CH3-].[CH3-].[Si].[Ti+3]. The molecule has 0 aromatic heterocycles. The van der Waals surface area contributed by atoms with Crippen LogP contribution in [0.3, 0.4) is 0 Å². The molecule has 135 valence electrons. The first kappa shape index (κ1) is 39.3. The molecule has 0 fully saturated rings. The van der Waals surface area contributed by atoms with E-state index in [4.69, 9.17) is 0 Å². The second-order valence-corrected chi connectivity index (χ2v) is 10.9. The molecule has 1 N–H and O–H groups in total.